The predicted molar refractivity (Wildman–Crippen MR) is 62.7 cm³/mol. The van der Waals surface area contributed by atoms with Gasteiger partial charge in [0.1, 0.15) is 0 Å². The molecular weight excluding hydrogens is 284 g/mol. The second kappa shape index (κ2) is 5.36. The molecule has 98 valence electrons. The number of hydrogen-bond donors (Lipinski definition) is 2. The van der Waals surface area contributed by atoms with Crippen molar-refractivity contribution >= 4 is 33.4 Å². The number of sulfone groups is 1. The molecule has 0 saturated heterocycles. The van der Waals surface area contributed by atoms with Crippen LogP contribution in [0.1, 0.15) is 16.8 Å². The molecule has 1 aromatic rings. The van der Waals surface area contributed by atoms with Gasteiger partial charge in [-0.1, -0.05) is 11.6 Å². The van der Waals surface area contributed by atoms with Gasteiger partial charge >= 0.3 is 11.9 Å². The van der Waals surface area contributed by atoms with Gasteiger partial charge in [-0.15, -0.1) is 0 Å². The van der Waals surface area contributed by atoms with E-state index in [9.17, 15) is 18.0 Å². The minimum Gasteiger partial charge on any atom is -0.481 e. The van der Waals surface area contributed by atoms with E-state index < -0.39 is 33.9 Å². The Morgan fingerprint density at radius 2 is 1.83 bits per heavy atom. The van der Waals surface area contributed by atoms with Crippen molar-refractivity contribution in [2.24, 2.45) is 0 Å². The van der Waals surface area contributed by atoms with E-state index in [4.69, 9.17) is 21.8 Å². The van der Waals surface area contributed by atoms with Gasteiger partial charge < -0.3 is 10.2 Å². The third-order valence-corrected chi connectivity index (χ3v) is 4.16. The number of hydrogen-bond acceptors (Lipinski definition) is 4. The van der Waals surface area contributed by atoms with E-state index in [2.05, 4.69) is 0 Å². The van der Waals surface area contributed by atoms with Crippen LogP contribution in [0.2, 0.25) is 5.02 Å². The first-order valence-corrected chi connectivity index (χ1v) is 6.74. The van der Waals surface area contributed by atoms with Crippen LogP contribution in [0.15, 0.2) is 23.1 Å². The molecule has 6 nitrogen and oxygen atoms in total. The molecule has 0 spiro atoms. The number of carboxylic acid groups (broad SMARTS) is 2. The Hall–Kier alpha value is -1.60. The monoisotopic (exact) mass is 292 g/mol. The molecule has 2 N–H and O–H groups in total. The van der Waals surface area contributed by atoms with Gasteiger partial charge in [-0.25, -0.2) is 13.2 Å². The minimum atomic E-state index is -3.83. The molecule has 0 fully saturated rings. The van der Waals surface area contributed by atoms with E-state index in [1.165, 1.54) is 0 Å². The number of carbonyl (C=O) groups is 2. The SMILES string of the molecule is O=C(O)CCS(=O)(=O)c1ccc(Cl)c(C(=O)O)c1. The van der Waals surface area contributed by atoms with Crippen molar-refractivity contribution in [3.05, 3.63) is 28.8 Å². The van der Waals surface area contributed by atoms with Crippen molar-refractivity contribution in [3.8, 4) is 0 Å². The Balaban J connectivity index is 3.14. The maximum Gasteiger partial charge on any atom is 0.337 e. The Bertz CT molecular complexity index is 592. The summed E-state index contributed by atoms with van der Waals surface area (Å²) in [4.78, 5) is 20.9. The van der Waals surface area contributed by atoms with Crippen molar-refractivity contribution in [2.45, 2.75) is 11.3 Å². The molecule has 0 aliphatic carbocycles. The van der Waals surface area contributed by atoms with Gasteiger partial charge in [0.15, 0.2) is 9.84 Å². The highest BCUT2D eigenvalue weighted by Crippen LogP contribution is 2.21. The van der Waals surface area contributed by atoms with Crippen molar-refractivity contribution in [2.75, 3.05) is 5.75 Å². The fourth-order valence-corrected chi connectivity index (χ4v) is 2.65. The van der Waals surface area contributed by atoms with E-state index in [-0.39, 0.29) is 15.5 Å². The topological polar surface area (TPSA) is 109 Å². The molecule has 0 atom stereocenters. The summed E-state index contributed by atoms with van der Waals surface area (Å²) >= 11 is 5.60. The highest BCUT2D eigenvalue weighted by atomic mass is 35.5. The highest BCUT2D eigenvalue weighted by Gasteiger charge is 2.19. The van der Waals surface area contributed by atoms with Crippen LogP contribution in [0.25, 0.3) is 0 Å². The Kier molecular flexibility index (Phi) is 4.31. The maximum atomic E-state index is 11.7. The summed E-state index contributed by atoms with van der Waals surface area (Å²) < 4.78 is 23.4. The standard InChI is InChI=1S/C10H9ClO6S/c11-8-2-1-6(5-7(8)10(14)15)18(16,17)4-3-9(12)13/h1-2,5H,3-4H2,(H,12,13)(H,14,15). The van der Waals surface area contributed by atoms with Gasteiger partial charge in [-0.05, 0) is 18.2 Å². The first-order valence-electron chi connectivity index (χ1n) is 4.71. The van der Waals surface area contributed by atoms with Crippen LogP contribution in [-0.2, 0) is 14.6 Å². The van der Waals surface area contributed by atoms with Gasteiger partial charge in [0.05, 0.1) is 27.7 Å². The number of aliphatic carboxylic acids is 1. The fraction of sp³-hybridized carbons (Fsp3) is 0.200. The number of rotatable bonds is 5. The summed E-state index contributed by atoms with van der Waals surface area (Å²) in [6.07, 6.45) is -0.548. The Morgan fingerprint density at radius 1 is 1.22 bits per heavy atom. The normalized spacial score (nSPS) is 11.2. The summed E-state index contributed by atoms with van der Waals surface area (Å²) in [5.74, 6) is -3.19. The molecule has 0 aliphatic heterocycles. The quantitative estimate of drug-likeness (QED) is 0.846. The number of benzene rings is 1. The van der Waals surface area contributed by atoms with Crippen LogP contribution in [0.4, 0.5) is 0 Å². The second-order valence-electron chi connectivity index (χ2n) is 3.41. The molecule has 0 amide bonds. The second-order valence-corrected chi connectivity index (χ2v) is 5.93. The van der Waals surface area contributed by atoms with E-state index in [0.29, 0.717) is 0 Å². The first-order chi connectivity index (χ1) is 8.24. The maximum absolute atomic E-state index is 11.7. The van der Waals surface area contributed by atoms with Crippen LogP contribution in [0.3, 0.4) is 0 Å². The van der Waals surface area contributed by atoms with Gasteiger partial charge in [-0.3, -0.25) is 4.79 Å². The average Bonchev–Trinajstić information content (AvgIpc) is 2.26. The Morgan fingerprint density at radius 3 is 2.33 bits per heavy atom. The van der Waals surface area contributed by atoms with Crippen LogP contribution in [0.5, 0.6) is 0 Å². The molecule has 1 rings (SSSR count). The minimum absolute atomic E-state index is 0.0836. The molecule has 0 heterocycles. The van der Waals surface area contributed by atoms with E-state index >= 15 is 0 Å². The Labute approximate surface area is 108 Å². The molecule has 0 aromatic heterocycles. The lowest BCUT2D eigenvalue weighted by atomic mass is 10.2. The van der Waals surface area contributed by atoms with Gasteiger partial charge in [0.25, 0.3) is 0 Å². The van der Waals surface area contributed by atoms with Crippen LogP contribution in [0, 0.1) is 0 Å². The fourth-order valence-electron chi connectivity index (χ4n) is 1.20. The molecule has 0 bridgehead atoms. The third kappa shape index (κ3) is 3.44. The van der Waals surface area contributed by atoms with Crippen molar-refractivity contribution in [1.29, 1.82) is 0 Å². The lowest BCUT2D eigenvalue weighted by Crippen LogP contribution is -2.12. The average molecular weight is 293 g/mol. The lowest BCUT2D eigenvalue weighted by Gasteiger charge is -2.05. The van der Waals surface area contributed by atoms with Crippen molar-refractivity contribution < 1.29 is 28.2 Å². The van der Waals surface area contributed by atoms with E-state index in [1.807, 2.05) is 0 Å². The summed E-state index contributed by atoms with van der Waals surface area (Å²) in [6.45, 7) is 0. The number of carboxylic acids is 2. The van der Waals surface area contributed by atoms with Crippen LogP contribution >= 0.6 is 11.6 Å². The molecular formula is C10H9ClO6S. The van der Waals surface area contributed by atoms with Gasteiger partial charge in [0.2, 0.25) is 0 Å². The molecule has 0 saturated carbocycles. The lowest BCUT2D eigenvalue weighted by molar-refractivity contribution is -0.136. The molecule has 0 unspecified atom stereocenters. The molecule has 8 heteroatoms. The zero-order chi connectivity index (χ0) is 13.9. The first kappa shape index (κ1) is 14.5. The van der Waals surface area contributed by atoms with Gasteiger partial charge in [-0.2, -0.15) is 0 Å². The smallest absolute Gasteiger partial charge is 0.337 e. The van der Waals surface area contributed by atoms with Crippen LogP contribution in [-0.4, -0.2) is 36.3 Å². The predicted octanol–water partition coefficient (Wildman–Crippen LogP) is 1.29. The van der Waals surface area contributed by atoms with Gasteiger partial charge in [0, 0.05) is 0 Å². The number of aromatic carboxylic acids is 1. The summed E-state index contributed by atoms with van der Waals surface area (Å²) in [5, 5.41) is 17.1. The third-order valence-electron chi connectivity index (χ3n) is 2.11. The summed E-state index contributed by atoms with van der Waals surface area (Å²) in [7, 11) is -3.83. The van der Waals surface area contributed by atoms with Crippen molar-refractivity contribution in [1.82, 2.24) is 0 Å². The highest BCUT2D eigenvalue weighted by molar-refractivity contribution is 7.91. The largest absolute Gasteiger partial charge is 0.481 e. The van der Waals surface area contributed by atoms with Crippen LogP contribution < -0.4 is 0 Å². The molecule has 0 aliphatic rings. The summed E-state index contributed by atoms with van der Waals surface area (Å²) in [5.41, 5.74) is -0.340. The van der Waals surface area contributed by atoms with Crippen molar-refractivity contribution in [3.63, 3.8) is 0 Å². The molecule has 1 aromatic carbocycles. The van der Waals surface area contributed by atoms with E-state index in [0.717, 1.165) is 18.2 Å². The summed E-state index contributed by atoms with van der Waals surface area (Å²) in [6, 6.07) is 3.21. The molecule has 0 radical (unpaired) electrons. The zero-order valence-electron chi connectivity index (χ0n) is 8.96. The zero-order valence-corrected chi connectivity index (χ0v) is 10.5. The van der Waals surface area contributed by atoms with E-state index in [1.54, 1.807) is 0 Å². The molecule has 18 heavy (non-hydrogen) atoms. The number of halogens is 1.